The van der Waals surface area contributed by atoms with Gasteiger partial charge in [0.05, 0.1) is 0 Å². The minimum Gasteiger partial charge on any atom is -0.365 e. The second-order valence-corrected chi connectivity index (χ2v) is 2.68. The summed E-state index contributed by atoms with van der Waals surface area (Å²) < 4.78 is 0. The number of carbonyl (C=O) groups is 1. The van der Waals surface area contributed by atoms with Crippen LogP contribution in [0.2, 0.25) is 0 Å². The molecule has 0 saturated carbocycles. The van der Waals surface area contributed by atoms with Gasteiger partial charge >= 0.3 is 0 Å². The molecular formula is C8H10N2O2. The second-order valence-electron chi connectivity index (χ2n) is 2.68. The molecule has 0 bridgehead atoms. The van der Waals surface area contributed by atoms with E-state index >= 15 is 0 Å². The Morgan fingerprint density at radius 2 is 2.08 bits per heavy atom. The van der Waals surface area contributed by atoms with Crippen LogP contribution in [0, 0.1) is 13.8 Å². The van der Waals surface area contributed by atoms with Gasteiger partial charge in [-0.3, -0.25) is 9.59 Å². The molecule has 4 nitrogen and oxygen atoms in total. The first-order chi connectivity index (χ1) is 5.52. The van der Waals surface area contributed by atoms with Crippen molar-refractivity contribution >= 4 is 5.91 Å². The lowest BCUT2D eigenvalue weighted by Crippen LogP contribution is -2.24. The number of pyridine rings is 1. The fourth-order valence-corrected chi connectivity index (χ4v) is 0.910. The van der Waals surface area contributed by atoms with Crippen LogP contribution in [0.4, 0.5) is 0 Å². The van der Waals surface area contributed by atoms with Crippen LogP contribution in [-0.4, -0.2) is 10.9 Å². The maximum atomic E-state index is 11.1. The number of aromatic nitrogens is 1. The Hall–Kier alpha value is -1.58. The zero-order valence-corrected chi connectivity index (χ0v) is 6.97. The molecule has 0 aromatic carbocycles. The number of aromatic amines is 1. The summed E-state index contributed by atoms with van der Waals surface area (Å²) in [6.07, 6.45) is 0. The highest BCUT2D eigenvalue weighted by Crippen LogP contribution is 2.01. The van der Waals surface area contributed by atoms with Crippen molar-refractivity contribution in [1.29, 1.82) is 0 Å². The van der Waals surface area contributed by atoms with Gasteiger partial charge < -0.3 is 10.7 Å². The normalized spacial score (nSPS) is 9.83. The van der Waals surface area contributed by atoms with E-state index in [0.717, 1.165) is 11.3 Å². The average Bonchev–Trinajstić information content (AvgIpc) is 1.96. The fourth-order valence-electron chi connectivity index (χ4n) is 0.910. The predicted molar refractivity (Wildman–Crippen MR) is 45.1 cm³/mol. The standard InChI is InChI=1S/C8H10N2O2/c1-4-3-6(7(9)11)8(12)10-5(4)2/h3H,1-2H3,(H2,9,11)(H,10,12). The fraction of sp³-hybridized carbons (Fsp3) is 0.250. The third-order valence-electron chi connectivity index (χ3n) is 1.76. The topological polar surface area (TPSA) is 76.0 Å². The third-order valence-corrected chi connectivity index (χ3v) is 1.76. The average molecular weight is 166 g/mol. The van der Waals surface area contributed by atoms with Gasteiger partial charge in [-0.25, -0.2) is 0 Å². The number of amides is 1. The molecule has 4 heteroatoms. The SMILES string of the molecule is Cc1cc(C(N)=O)c(=O)[nH]c1C. The maximum Gasteiger partial charge on any atom is 0.260 e. The molecule has 0 unspecified atom stereocenters. The molecule has 0 spiro atoms. The van der Waals surface area contributed by atoms with E-state index in [1.54, 1.807) is 13.8 Å². The number of hydrogen-bond donors (Lipinski definition) is 2. The van der Waals surface area contributed by atoms with Crippen LogP contribution in [0.5, 0.6) is 0 Å². The third kappa shape index (κ3) is 1.37. The van der Waals surface area contributed by atoms with Gasteiger partial charge in [-0.2, -0.15) is 0 Å². The number of primary amides is 1. The highest BCUT2D eigenvalue weighted by atomic mass is 16.2. The van der Waals surface area contributed by atoms with E-state index in [1.165, 1.54) is 6.07 Å². The molecule has 0 fully saturated rings. The summed E-state index contributed by atoms with van der Waals surface area (Å²) in [5.41, 5.74) is 6.17. The first-order valence-electron chi connectivity index (χ1n) is 3.52. The van der Waals surface area contributed by atoms with Crippen LogP contribution in [0.1, 0.15) is 21.6 Å². The number of nitrogens with one attached hydrogen (secondary N) is 1. The van der Waals surface area contributed by atoms with E-state index in [9.17, 15) is 9.59 Å². The summed E-state index contributed by atoms with van der Waals surface area (Å²) >= 11 is 0. The molecule has 3 N–H and O–H groups in total. The van der Waals surface area contributed by atoms with Crippen molar-refractivity contribution in [3.63, 3.8) is 0 Å². The van der Waals surface area contributed by atoms with Gasteiger partial charge in [0.1, 0.15) is 5.56 Å². The lowest BCUT2D eigenvalue weighted by Gasteiger charge is -2.00. The largest absolute Gasteiger partial charge is 0.365 e. The molecule has 0 atom stereocenters. The second kappa shape index (κ2) is 2.81. The summed E-state index contributed by atoms with van der Waals surface area (Å²) in [5, 5.41) is 0. The zero-order chi connectivity index (χ0) is 9.30. The van der Waals surface area contributed by atoms with E-state index in [0.29, 0.717) is 0 Å². The Morgan fingerprint density at radius 1 is 1.50 bits per heavy atom. The van der Waals surface area contributed by atoms with Crippen LogP contribution >= 0.6 is 0 Å². The van der Waals surface area contributed by atoms with Gasteiger partial charge in [0.2, 0.25) is 0 Å². The molecule has 1 rings (SSSR count). The molecule has 0 aliphatic rings. The van der Waals surface area contributed by atoms with E-state index in [4.69, 9.17) is 5.73 Å². The number of carbonyl (C=O) groups excluding carboxylic acids is 1. The van der Waals surface area contributed by atoms with Gasteiger partial charge in [-0.15, -0.1) is 0 Å². The molecule has 1 aromatic rings. The van der Waals surface area contributed by atoms with Crippen molar-refractivity contribution < 1.29 is 4.79 Å². The summed E-state index contributed by atoms with van der Waals surface area (Å²) in [6, 6.07) is 1.50. The van der Waals surface area contributed by atoms with Crippen LogP contribution in [-0.2, 0) is 0 Å². The number of hydrogen-bond acceptors (Lipinski definition) is 2. The van der Waals surface area contributed by atoms with Gasteiger partial charge in [-0.1, -0.05) is 0 Å². The highest BCUT2D eigenvalue weighted by molar-refractivity contribution is 5.92. The van der Waals surface area contributed by atoms with Gasteiger partial charge in [0, 0.05) is 5.69 Å². The summed E-state index contributed by atoms with van der Waals surface area (Å²) in [5.74, 6) is -0.695. The number of aryl methyl sites for hydroxylation is 2. The van der Waals surface area contributed by atoms with Gasteiger partial charge in [0.25, 0.3) is 11.5 Å². The minimum absolute atomic E-state index is 0.0121. The van der Waals surface area contributed by atoms with Crippen molar-refractivity contribution in [3.05, 3.63) is 33.2 Å². The first kappa shape index (κ1) is 8.52. The maximum absolute atomic E-state index is 11.1. The Kier molecular flexibility index (Phi) is 1.99. The number of nitrogens with two attached hydrogens (primary N) is 1. The van der Waals surface area contributed by atoms with E-state index in [2.05, 4.69) is 4.98 Å². The summed E-state index contributed by atoms with van der Waals surface area (Å²) in [7, 11) is 0. The smallest absolute Gasteiger partial charge is 0.260 e. The monoisotopic (exact) mass is 166 g/mol. The Morgan fingerprint density at radius 3 is 2.58 bits per heavy atom. The number of H-pyrrole nitrogens is 1. The van der Waals surface area contributed by atoms with Crippen LogP contribution in [0.3, 0.4) is 0 Å². The summed E-state index contributed by atoms with van der Waals surface area (Å²) in [4.78, 5) is 24.3. The summed E-state index contributed by atoms with van der Waals surface area (Å²) in [6.45, 7) is 3.57. The van der Waals surface area contributed by atoms with E-state index in [-0.39, 0.29) is 5.56 Å². The van der Waals surface area contributed by atoms with Crippen molar-refractivity contribution in [1.82, 2.24) is 4.98 Å². The minimum atomic E-state index is -0.695. The molecule has 0 radical (unpaired) electrons. The Balaban J connectivity index is 3.43. The van der Waals surface area contributed by atoms with Crippen LogP contribution < -0.4 is 11.3 Å². The van der Waals surface area contributed by atoms with Gasteiger partial charge in [-0.05, 0) is 25.5 Å². The van der Waals surface area contributed by atoms with E-state index in [1.807, 2.05) is 0 Å². The van der Waals surface area contributed by atoms with Crippen molar-refractivity contribution in [2.24, 2.45) is 5.73 Å². The van der Waals surface area contributed by atoms with Crippen LogP contribution in [0.25, 0.3) is 0 Å². The molecular weight excluding hydrogens is 156 g/mol. The van der Waals surface area contributed by atoms with Crippen molar-refractivity contribution in [2.45, 2.75) is 13.8 Å². The highest BCUT2D eigenvalue weighted by Gasteiger charge is 2.07. The Labute approximate surface area is 69.4 Å². The molecule has 1 aromatic heterocycles. The van der Waals surface area contributed by atoms with Crippen molar-refractivity contribution in [2.75, 3.05) is 0 Å². The lowest BCUT2D eigenvalue weighted by molar-refractivity contribution is 0.0999. The van der Waals surface area contributed by atoms with Crippen molar-refractivity contribution in [3.8, 4) is 0 Å². The zero-order valence-electron chi connectivity index (χ0n) is 6.97. The molecule has 0 saturated heterocycles. The Bertz CT molecular complexity index is 379. The molecule has 1 amide bonds. The van der Waals surface area contributed by atoms with Crippen LogP contribution in [0.15, 0.2) is 10.9 Å². The number of rotatable bonds is 1. The predicted octanol–water partition coefficient (Wildman–Crippen LogP) is 0.0906. The molecule has 12 heavy (non-hydrogen) atoms. The van der Waals surface area contributed by atoms with Gasteiger partial charge in [0.15, 0.2) is 0 Å². The molecule has 1 heterocycles. The van der Waals surface area contributed by atoms with E-state index < -0.39 is 11.5 Å². The molecule has 64 valence electrons. The molecule has 0 aliphatic carbocycles. The first-order valence-corrected chi connectivity index (χ1v) is 3.52. The quantitative estimate of drug-likeness (QED) is 0.620. The lowest BCUT2D eigenvalue weighted by atomic mass is 10.1. The molecule has 0 aliphatic heterocycles.